The number of rotatable bonds is 1. The van der Waals surface area contributed by atoms with Crippen molar-refractivity contribution in [2.45, 2.75) is 35.5 Å². The fourth-order valence-electron chi connectivity index (χ4n) is 7.08. The van der Waals surface area contributed by atoms with Gasteiger partial charge in [0.25, 0.3) is 0 Å². The van der Waals surface area contributed by atoms with E-state index in [4.69, 9.17) is 0 Å². The maximum absolute atomic E-state index is 16.3. The maximum atomic E-state index is 16.3. The molecule has 0 saturated heterocycles. The van der Waals surface area contributed by atoms with Crippen LogP contribution in [0.15, 0.2) is 0 Å². The van der Waals surface area contributed by atoms with Gasteiger partial charge in [0.15, 0.2) is 69.8 Å². The SMILES string of the molecule is Fc1c(F)c(F)c2c(c1F)-c1c(F)c(F)c(-c3c(F)c(F)c4c(c3F)C(C(F)(F)F)(C(F)(F)F)c3c(F)c(F)c(F)c(F)c3-4)c(F)c1C2(C(F)(F)F)C(F)(F)F. The Bertz CT molecular complexity index is 2260. The summed E-state index contributed by atoms with van der Waals surface area (Å²) in [6, 6.07) is 0. The highest BCUT2D eigenvalue weighted by atomic mass is 19.4. The minimum absolute atomic E-state index is 3.15. The van der Waals surface area contributed by atoms with Gasteiger partial charge in [-0.05, 0) is 0 Å². The van der Waals surface area contributed by atoms with Crippen LogP contribution in [-0.4, -0.2) is 24.7 Å². The number of hydrogen-bond acceptors (Lipinski definition) is 0. The van der Waals surface area contributed by atoms with Crippen LogP contribution in [0.3, 0.4) is 0 Å². The highest BCUT2D eigenvalue weighted by Gasteiger charge is 2.80. The smallest absolute Gasteiger partial charge is 0.206 e. The fourth-order valence-corrected chi connectivity index (χ4v) is 7.08. The first-order valence-electron chi connectivity index (χ1n) is 13.7. The van der Waals surface area contributed by atoms with Gasteiger partial charge in [0.1, 0.15) is 11.6 Å². The molecule has 56 heavy (non-hydrogen) atoms. The molecule has 0 aromatic heterocycles. The minimum atomic E-state index is -7.61. The number of alkyl halides is 12. The van der Waals surface area contributed by atoms with Crippen molar-refractivity contribution in [2.75, 3.05) is 0 Å². The molecule has 302 valence electrons. The summed E-state index contributed by atoms with van der Waals surface area (Å²) in [5, 5.41) is 0. The van der Waals surface area contributed by atoms with Crippen LogP contribution in [0.25, 0.3) is 33.4 Å². The topological polar surface area (TPSA) is 0 Å². The molecule has 0 radical (unpaired) electrons. The Labute approximate surface area is 287 Å². The summed E-state index contributed by atoms with van der Waals surface area (Å²) in [7, 11) is 0. The lowest BCUT2D eigenvalue weighted by atomic mass is 9.74. The zero-order valence-corrected chi connectivity index (χ0v) is 24.8. The van der Waals surface area contributed by atoms with E-state index in [1.54, 1.807) is 0 Å². The second-order valence-corrected chi connectivity index (χ2v) is 11.6. The lowest BCUT2D eigenvalue weighted by Crippen LogP contribution is -2.55. The van der Waals surface area contributed by atoms with E-state index < -0.39 is 173 Å². The normalized spacial score (nSPS) is 16.0. The van der Waals surface area contributed by atoms with E-state index in [0.717, 1.165) is 0 Å². The van der Waals surface area contributed by atoms with Gasteiger partial charge in [-0.25, -0.2) is 61.5 Å². The Morgan fingerprint density at radius 3 is 0.571 bits per heavy atom. The molecule has 0 fully saturated rings. The van der Waals surface area contributed by atoms with Crippen molar-refractivity contribution in [2.24, 2.45) is 0 Å². The fraction of sp³-hybridized carbons (Fsp3) is 0.200. The Hall–Kier alpha value is -4.94. The van der Waals surface area contributed by atoms with Gasteiger partial charge in [-0.1, -0.05) is 0 Å². The first kappa shape index (κ1) is 40.7. The van der Waals surface area contributed by atoms with Crippen molar-refractivity contribution in [1.82, 2.24) is 0 Å². The largest absolute Gasteiger partial charge is 0.411 e. The van der Waals surface area contributed by atoms with Crippen LogP contribution in [0.1, 0.15) is 22.3 Å². The molecule has 6 rings (SSSR count). The molecule has 0 atom stereocenters. The lowest BCUT2D eigenvalue weighted by Gasteiger charge is -2.37. The van der Waals surface area contributed by atoms with Gasteiger partial charge < -0.3 is 0 Å². The Morgan fingerprint density at radius 2 is 0.357 bits per heavy atom. The minimum Gasteiger partial charge on any atom is -0.206 e. The predicted molar refractivity (Wildman–Crippen MR) is 128 cm³/mol. The van der Waals surface area contributed by atoms with Crippen LogP contribution >= 0.6 is 0 Å². The van der Waals surface area contributed by atoms with Gasteiger partial charge in [-0.3, -0.25) is 0 Å². The second-order valence-electron chi connectivity index (χ2n) is 11.6. The number of benzene rings is 4. The highest BCUT2D eigenvalue weighted by Crippen LogP contribution is 2.69. The van der Waals surface area contributed by atoms with Gasteiger partial charge in [0, 0.05) is 44.5 Å². The molecule has 2 aliphatic carbocycles. The average molecular weight is 854 g/mol. The number of fused-ring (bicyclic) bond motifs is 6. The van der Waals surface area contributed by atoms with E-state index in [-0.39, 0.29) is 0 Å². The zero-order valence-electron chi connectivity index (χ0n) is 24.8. The van der Waals surface area contributed by atoms with Crippen molar-refractivity contribution in [1.29, 1.82) is 0 Å². The van der Waals surface area contributed by atoms with Crippen LogP contribution in [0.5, 0.6) is 0 Å². The zero-order chi connectivity index (χ0) is 42.9. The standard InChI is InChI=1S/C30F26/c31-11-5(17(37)13(33)1-3-9(19(39)23(43)21(41)15(3)35)25(7(1)11,27(45,46)47)28(48,49)50)6-12(32)8-2(14(34)18(6)38)4-10(20(40)24(44)22(42)16(4)36)26(8,29(51,52)53)30(54,55)56. The summed E-state index contributed by atoms with van der Waals surface area (Å²) in [6.45, 7) is 0. The third kappa shape index (κ3) is 4.26. The van der Waals surface area contributed by atoms with Crippen LogP contribution in [-0.2, 0) is 10.8 Å². The van der Waals surface area contributed by atoms with Crippen LogP contribution in [0.2, 0.25) is 0 Å². The second kappa shape index (κ2) is 11.3. The van der Waals surface area contributed by atoms with E-state index in [9.17, 15) is 87.8 Å². The van der Waals surface area contributed by atoms with Crippen LogP contribution < -0.4 is 0 Å². The lowest BCUT2D eigenvalue weighted by molar-refractivity contribution is -0.290. The summed E-state index contributed by atoms with van der Waals surface area (Å²) < 4.78 is 387. The molecule has 0 saturated carbocycles. The summed E-state index contributed by atoms with van der Waals surface area (Å²) in [4.78, 5) is 0. The van der Waals surface area contributed by atoms with Crippen molar-refractivity contribution < 1.29 is 114 Å². The number of hydrogen-bond donors (Lipinski definition) is 0. The van der Waals surface area contributed by atoms with Gasteiger partial charge >= 0.3 is 24.7 Å². The molecule has 0 aliphatic heterocycles. The monoisotopic (exact) mass is 854 g/mol. The molecule has 4 aromatic rings. The molecule has 0 unspecified atom stereocenters. The van der Waals surface area contributed by atoms with Crippen LogP contribution in [0, 0.1) is 81.4 Å². The molecule has 0 heterocycles. The molecule has 26 heteroatoms. The van der Waals surface area contributed by atoms with E-state index in [0.29, 0.717) is 0 Å². The quantitative estimate of drug-likeness (QED) is 0.102. The summed E-state index contributed by atoms with van der Waals surface area (Å²) in [5.41, 5.74) is -49.1. The Morgan fingerprint density at radius 1 is 0.196 bits per heavy atom. The summed E-state index contributed by atoms with van der Waals surface area (Å²) in [5.74, 6) is -51.9. The molecular weight excluding hydrogens is 854 g/mol. The summed E-state index contributed by atoms with van der Waals surface area (Å²) in [6.07, 6.45) is -30.5. The maximum Gasteiger partial charge on any atom is 0.411 e. The van der Waals surface area contributed by atoms with E-state index in [1.165, 1.54) is 0 Å². The first-order chi connectivity index (χ1) is 25.2. The molecule has 4 aromatic carbocycles. The molecule has 0 amide bonds. The first-order valence-corrected chi connectivity index (χ1v) is 13.7. The van der Waals surface area contributed by atoms with E-state index in [1.807, 2.05) is 0 Å². The third-order valence-corrected chi connectivity index (χ3v) is 9.13. The molecule has 0 nitrogen and oxygen atoms in total. The van der Waals surface area contributed by atoms with E-state index >= 15 is 26.3 Å². The summed E-state index contributed by atoms with van der Waals surface area (Å²) >= 11 is 0. The molecule has 0 spiro atoms. The van der Waals surface area contributed by atoms with Crippen LogP contribution in [0.4, 0.5) is 114 Å². The van der Waals surface area contributed by atoms with Gasteiger partial charge in [0.05, 0.1) is 11.1 Å². The van der Waals surface area contributed by atoms with Gasteiger partial charge in [-0.15, -0.1) is 0 Å². The molecular formula is C30F26. The predicted octanol–water partition coefficient (Wildman–Crippen LogP) is 12.1. The van der Waals surface area contributed by atoms with E-state index in [2.05, 4.69) is 0 Å². The van der Waals surface area contributed by atoms with Crippen molar-refractivity contribution in [3.63, 3.8) is 0 Å². The molecule has 0 N–H and O–H groups in total. The Kier molecular flexibility index (Phi) is 8.25. The van der Waals surface area contributed by atoms with Gasteiger partial charge in [-0.2, -0.15) is 52.7 Å². The highest BCUT2D eigenvalue weighted by molar-refractivity contribution is 5.90. The third-order valence-electron chi connectivity index (χ3n) is 9.13. The number of halogens is 26. The van der Waals surface area contributed by atoms with Crippen molar-refractivity contribution >= 4 is 0 Å². The Balaban J connectivity index is 1.94. The van der Waals surface area contributed by atoms with Gasteiger partial charge in [0.2, 0.25) is 10.8 Å². The molecule has 0 bridgehead atoms. The van der Waals surface area contributed by atoms with Crippen molar-refractivity contribution in [3.8, 4) is 33.4 Å². The molecule has 2 aliphatic rings. The average Bonchev–Trinajstić information content (AvgIpc) is 3.59. The van der Waals surface area contributed by atoms with Crippen molar-refractivity contribution in [3.05, 3.63) is 104 Å².